The van der Waals surface area contributed by atoms with E-state index in [2.05, 4.69) is 18.7 Å². The molecule has 1 fully saturated rings. The molecule has 1 unspecified atom stereocenters. The van der Waals surface area contributed by atoms with Crippen LogP contribution in [0.1, 0.15) is 50.8 Å². The molecule has 1 aliphatic heterocycles. The van der Waals surface area contributed by atoms with Crippen LogP contribution < -0.4 is 9.47 Å². The predicted molar refractivity (Wildman–Crippen MR) is 137 cm³/mol. The first kappa shape index (κ1) is 26.3. The van der Waals surface area contributed by atoms with E-state index in [9.17, 15) is 14.7 Å². The molecule has 2 aromatic carbocycles. The van der Waals surface area contributed by atoms with Crippen molar-refractivity contribution >= 4 is 17.4 Å². The maximum Gasteiger partial charge on any atom is 0.295 e. The highest BCUT2D eigenvalue weighted by atomic mass is 16.5. The molecule has 1 heterocycles. The number of benzene rings is 2. The van der Waals surface area contributed by atoms with Gasteiger partial charge in [-0.05, 0) is 74.4 Å². The first-order valence-corrected chi connectivity index (χ1v) is 12.3. The lowest BCUT2D eigenvalue weighted by Gasteiger charge is -2.27. The number of hydrogen-bond acceptors (Lipinski definition) is 6. The Balaban J connectivity index is 1.98. The molecule has 0 bridgehead atoms. The Bertz CT molecular complexity index is 1030. The van der Waals surface area contributed by atoms with Crippen LogP contribution in [0.5, 0.6) is 11.5 Å². The van der Waals surface area contributed by atoms with Gasteiger partial charge in [-0.15, -0.1) is 0 Å². The van der Waals surface area contributed by atoms with Crippen molar-refractivity contribution < 1.29 is 24.2 Å². The number of amides is 1. The van der Waals surface area contributed by atoms with E-state index in [0.717, 1.165) is 38.0 Å². The van der Waals surface area contributed by atoms with E-state index in [4.69, 9.17) is 9.47 Å². The second-order valence-electron chi connectivity index (χ2n) is 8.52. The topological polar surface area (TPSA) is 79.3 Å². The van der Waals surface area contributed by atoms with Gasteiger partial charge in [0.25, 0.3) is 11.7 Å². The second kappa shape index (κ2) is 12.4. The Hall–Kier alpha value is -3.32. The summed E-state index contributed by atoms with van der Waals surface area (Å²) in [6, 6.07) is 13.5. The molecule has 0 saturated carbocycles. The van der Waals surface area contributed by atoms with Gasteiger partial charge >= 0.3 is 0 Å². The monoisotopic (exact) mass is 480 g/mol. The van der Waals surface area contributed by atoms with Crippen LogP contribution in [0.2, 0.25) is 0 Å². The number of methoxy groups -OCH3 is 1. The van der Waals surface area contributed by atoms with Crippen LogP contribution in [0.15, 0.2) is 54.1 Å². The quantitative estimate of drug-likeness (QED) is 0.271. The zero-order valence-electron chi connectivity index (χ0n) is 21.1. The summed E-state index contributed by atoms with van der Waals surface area (Å²) in [7, 11) is 1.59. The number of hydrogen-bond donors (Lipinski definition) is 1. The van der Waals surface area contributed by atoms with Gasteiger partial charge < -0.3 is 24.4 Å². The van der Waals surface area contributed by atoms with Gasteiger partial charge in [-0.2, -0.15) is 0 Å². The number of ketones is 1. The van der Waals surface area contributed by atoms with E-state index in [0.29, 0.717) is 30.2 Å². The zero-order valence-corrected chi connectivity index (χ0v) is 21.1. The van der Waals surface area contributed by atoms with Gasteiger partial charge in [0.05, 0.1) is 25.3 Å². The molecule has 2 aromatic rings. The van der Waals surface area contributed by atoms with Gasteiger partial charge in [0.15, 0.2) is 0 Å². The predicted octanol–water partition coefficient (Wildman–Crippen LogP) is 4.64. The van der Waals surface area contributed by atoms with E-state index >= 15 is 0 Å². The minimum Gasteiger partial charge on any atom is -0.507 e. The Kier molecular flexibility index (Phi) is 9.32. The minimum absolute atomic E-state index is 0.102. The normalized spacial score (nSPS) is 17.3. The third-order valence-electron chi connectivity index (χ3n) is 6.34. The molecule has 7 nitrogen and oxygen atoms in total. The zero-order chi connectivity index (χ0) is 25.4. The first-order valence-electron chi connectivity index (χ1n) is 12.3. The highest BCUT2D eigenvalue weighted by Crippen LogP contribution is 2.40. The summed E-state index contributed by atoms with van der Waals surface area (Å²) >= 11 is 0. The lowest BCUT2D eigenvalue weighted by atomic mass is 9.95. The molecule has 1 atom stereocenters. The number of aliphatic hydroxyl groups is 1. The van der Waals surface area contributed by atoms with Crippen LogP contribution in [0.25, 0.3) is 5.76 Å². The molecule has 3 rings (SSSR count). The van der Waals surface area contributed by atoms with Crippen LogP contribution in [0.3, 0.4) is 0 Å². The molecule has 1 aliphatic rings. The Labute approximate surface area is 207 Å². The van der Waals surface area contributed by atoms with Crippen molar-refractivity contribution in [1.82, 2.24) is 9.80 Å². The number of nitrogens with zero attached hydrogens (tertiary/aromatic N) is 2. The molecule has 1 saturated heterocycles. The minimum atomic E-state index is -0.673. The summed E-state index contributed by atoms with van der Waals surface area (Å²) in [6.07, 6.45) is 1.62. The highest BCUT2D eigenvalue weighted by Gasteiger charge is 2.45. The van der Waals surface area contributed by atoms with E-state index in [1.54, 1.807) is 48.4 Å². The first-order chi connectivity index (χ1) is 16.9. The fraction of sp³-hybridized carbons (Fsp3) is 0.429. The van der Waals surface area contributed by atoms with Crippen molar-refractivity contribution in [1.29, 1.82) is 0 Å². The highest BCUT2D eigenvalue weighted by molar-refractivity contribution is 6.46. The van der Waals surface area contributed by atoms with Crippen molar-refractivity contribution in [3.8, 4) is 11.5 Å². The van der Waals surface area contributed by atoms with E-state index in [1.807, 2.05) is 19.1 Å². The van der Waals surface area contributed by atoms with E-state index in [-0.39, 0.29) is 11.3 Å². The number of rotatable bonds is 12. The Morgan fingerprint density at radius 1 is 0.971 bits per heavy atom. The number of carbonyl (C=O) groups is 2. The number of likely N-dealkylation sites (tertiary alicyclic amines) is 1. The molecule has 0 spiro atoms. The van der Waals surface area contributed by atoms with E-state index < -0.39 is 17.7 Å². The molecular formula is C28H36N2O5. The summed E-state index contributed by atoms with van der Waals surface area (Å²) in [5, 5.41) is 11.2. The summed E-state index contributed by atoms with van der Waals surface area (Å²) in [5.41, 5.74) is 1.32. The number of ether oxygens (including phenoxy) is 2. The fourth-order valence-electron chi connectivity index (χ4n) is 4.33. The maximum absolute atomic E-state index is 13.2. The molecule has 35 heavy (non-hydrogen) atoms. The molecule has 0 aliphatic carbocycles. The summed E-state index contributed by atoms with van der Waals surface area (Å²) in [4.78, 5) is 30.2. The van der Waals surface area contributed by atoms with Gasteiger partial charge in [-0.3, -0.25) is 9.59 Å². The lowest BCUT2D eigenvalue weighted by molar-refractivity contribution is -0.140. The average Bonchev–Trinajstić information content (AvgIpc) is 3.14. The van der Waals surface area contributed by atoms with Crippen molar-refractivity contribution in [2.45, 2.75) is 39.7 Å². The second-order valence-corrected chi connectivity index (χ2v) is 8.52. The average molecular weight is 481 g/mol. The molecule has 7 heteroatoms. The third kappa shape index (κ3) is 6.03. The summed E-state index contributed by atoms with van der Waals surface area (Å²) in [6.45, 7) is 9.92. The standard InChI is InChI=1S/C28H36N2O5/c1-5-19-35-23-15-11-21(12-16-23)26(31)24-25(20-9-13-22(34-4)14-10-20)30(28(33)27(24)32)18-8-17-29(6-2)7-3/h9-16,25,31H,5-8,17-19H2,1-4H3. The number of carbonyl (C=O) groups excluding carboxylic acids is 2. The molecule has 188 valence electrons. The lowest BCUT2D eigenvalue weighted by Crippen LogP contribution is -2.33. The van der Waals surface area contributed by atoms with Gasteiger partial charge in [-0.1, -0.05) is 32.9 Å². The molecule has 1 amide bonds. The van der Waals surface area contributed by atoms with Crippen LogP contribution in [0, 0.1) is 0 Å². The Morgan fingerprint density at radius 2 is 1.60 bits per heavy atom. The molecule has 0 aromatic heterocycles. The summed E-state index contributed by atoms with van der Waals surface area (Å²) < 4.78 is 10.9. The van der Waals surface area contributed by atoms with E-state index in [1.165, 1.54) is 0 Å². The van der Waals surface area contributed by atoms with Crippen LogP contribution in [-0.4, -0.2) is 66.5 Å². The fourth-order valence-corrected chi connectivity index (χ4v) is 4.33. The van der Waals surface area contributed by atoms with Crippen LogP contribution in [-0.2, 0) is 9.59 Å². The third-order valence-corrected chi connectivity index (χ3v) is 6.34. The van der Waals surface area contributed by atoms with Crippen LogP contribution in [0.4, 0.5) is 0 Å². The van der Waals surface area contributed by atoms with Gasteiger partial charge in [0.2, 0.25) is 0 Å². The summed E-state index contributed by atoms with van der Waals surface area (Å²) in [5.74, 6) is -0.0772. The molecule has 1 N–H and O–H groups in total. The van der Waals surface area contributed by atoms with Gasteiger partial charge in [0.1, 0.15) is 17.3 Å². The Morgan fingerprint density at radius 3 is 2.17 bits per heavy atom. The van der Waals surface area contributed by atoms with Crippen molar-refractivity contribution in [2.75, 3.05) is 39.9 Å². The van der Waals surface area contributed by atoms with Gasteiger partial charge in [0, 0.05) is 12.1 Å². The molecular weight excluding hydrogens is 444 g/mol. The smallest absolute Gasteiger partial charge is 0.295 e. The van der Waals surface area contributed by atoms with Crippen molar-refractivity contribution in [2.24, 2.45) is 0 Å². The number of Topliss-reactive ketones (excluding diaryl/α,β-unsaturated/α-hetero) is 1. The van der Waals surface area contributed by atoms with Crippen LogP contribution >= 0.6 is 0 Å². The SMILES string of the molecule is CCCOc1ccc(C(O)=C2C(=O)C(=O)N(CCCN(CC)CC)C2c2ccc(OC)cc2)cc1. The van der Waals surface area contributed by atoms with Crippen molar-refractivity contribution in [3.05, 3.63) is 65.2 Å². The van der Waals surface area contributed by atoms with Crippen molar-refractivity contribution in [3.63, 3.8) is 0 Å². The molecule has 0 radical (unpaired) electrons. The maximum atomic E-state index is 13.2. The number of aliphatic hydroxyl groups excluding tert-OH is 1. The van der Waals surface area contributed by atoms with Gasteiger partial charge in [-0.25, -0.2) is 0 Å². The largest absolute Gasteiger partial charge is 0.507 e.